The molecular formula is C10H14ClN3O2S. The van der Waals surface area contributed by atoms with Crippen molar-refractivity contribution in [2.75, 3.05) is 13.1 Å². The first kappa shape index (κ1) is 13.8. The van der Waals surface area contributed by atoms with Crippen molar-refractivity contribution in [1.82, 2.24) is 4.90 Å². The van der Waals surface area contributed by atoms with Crippen LogP contribution in [0.3, 0.4) is 0 Å². The van der Waals surface area contributed by atoms with E-state index in [1.54, 1.807) is 0 Å². The third-order valence-corrected chi connectivity index (χ3v) is 3.93. The van der Waals surface area contributed by atoms with Gasteiger partial charge in [-0.1, -0.05) is 16.8 Å². The van der Waals surface area contributed by atoms with Crippen LogP contribution in [0, 0.1) is 6.92 Å². The number of aryl methyl sites for hydroxylation is 1. The molecule has 0 spiro atoms. The molecule has 3 N–H and O–H groups in total. The van der Waals surface area contributed by atoms with Gasteiger partial charge < -0.3 is 15.8 Å². The van der Waals surface area contributed by atoms with Gasteiger partial charge >= 0.3 is 0 Å². The number of nitrogens with zero attached hydrogens (tertiary/aromatic N) is 2. The molecular weight excluding hydrogens is 262 g/mol. The summed E-state index contributed by atoms with van der Waals surface area (Å²) in [6.45, 7) is 4.20. The van der Waals surface area contributed by atoms with Gasteiger partial charge in [-0.15, -0.1) is 11.3 Å². The maximum atomic E-state index is 12.1. The summed E-state index contributed by atoms with van der Waals surface area (Å²) in [6, 6.07) is 0. The Morgan fingerprint density at radius 2 is 2.35 bits per heavy atom. The van der Waals surface area contributed by atoms with E-state index >= 15 is 0 Å². The van der Waals surface area contributed by atoms with Gasteiger partial charge in [-0.05, 0) is 24.8 Å². The van der Waals surface area contributed by atoms with E-state index in [0.717, 1.165) is 5.56 Å². The molecule has 1 aromatic heterocycles. The van der Waals surface area contributed by atoms with E-state index in [4.69, 9.17) is 22.5 Å². The van der Waals surface area contributed by atoms with Gasteiger partial charge in [0.2, 0.25) is 0 Å². The van der Waals surface area contributed by atoms with Crippen LogP contribution >= 0.6 is 22.9 Å². The minimum absolute atomic E-state index is 0.00963. The molecule has 1 amide bonds. The minimum Gasteiger partial charge on any atom is -0.409 e. The van der Waals surface area contributed by atoms with Crippen LogP contribution in [0.15, 0.2) is 10.5 Å². The van der Waals surface area contributed by atoms with Crippen LogP contribution in [0.25, 0.3) is 0 Å². The normalized spacial score (nSPS) is 11.6. The quantitative estimate of drug-likeness (QED) is 0.381. The number of amides is 1. The topological polar surface area (TPSA) is 78.9 Å². The van der Waals surface area contributed by atoms with E-state index in [-0.39, 0.29) is 18.3 Å². The first-order valence-corrected chi connectivity index (χ1v) is 6.26. The van der Waals surface area contributed by atoms with Crippen molar-refractivity contribution < 1.29 is 10.0 Å². The number of carbonyl (C=O) groups excluding carboxylic acids is 1. The molecule has 5 nitrogen and oxygen atoms in total. The largest absolute Gasteiger partial charge is 0.409 e. The van der Waals surface area contributed by atoms with Gasteiger partial charge in [0.1, 0.15) is 4.88 Å². The summed E-state index contributed by atoms with van der Waals surface area (Å²) in [5, 5.41) is 13.6. The predicted molar refractivity (Wildman–Crippen MR) is 69.1 cm³/mol. The van der Waals surface area contributed by atoms with E-state index in [2.05, 4.69) is 5.16 Å². The SMILES string of the molecule is CCN(C/C(N)=N/O)C(=O)c1scc(C)c1Cl. The summed E-state index contributed by atoms with van der Waals surface area (Å²) >= 11 is 7.32. The molecule has 0 aromatic carbocycles. The lowest BCUT2D eigenvalue weighted by Crippen LogP contribution is -2.38. The number of oxime groups is 1. The lowest BCUT2D eigenvalue weighted by atomic mass is 10.3. The molecule has 0 bridgehead atoms. The number of amidine groups is 1. The highest BCUT2D eigenvalue weighted by Gasteiger charge is 2.20. The van der Waals surface area contributed by atoms with Gasteiger partial charge in [0, 0.05) is 6.54 Å². The highest BCUT2D eigenvalue weighted by molar-refractivity contribution is 7.13. The van der Waals surface area contributed by atoms with Crippen molar-refractivity contribution >= 4 is 34.7 Å². The Labute approximate surface area is 108 Å². The van der Waals surface area contributed by atoms with E-state index in [1.165, 1.54) is 16.2 Å². The number of carbonyl (C=O) groups is 1. The molecule has 0 unspecified atom stereocenters. The number of thiophene rings is 1. The summed E-state index contributed by atoms with van der Waals surface area (Å²) in [4.78, 5) is 14.1. The van der Waals surface area contributed by atoms with Crippen LogP contribution in [0.1, 0.15) is 22.2 Å². The van der Waals surface area contributed by atoms with E-state index in [0.29, 0.717) is 16.4 Å². The second kappa shape index (κ2) is 5.88. The molecule has 1 rings (SSSR count). The average Bonchev–Trinajstić information content (AvgIpc) is 2.66. The zero-order chi connectivity index (χ0) is 13.0. The third-order valence-electron chi connectivity index (χ3n) is 2.24. The molecule has 7 heteroatoms. The van der Waals surface area contributed by atoms with Crippen LogP contribution in [0.5, 0.6) is 0 Å². The number of nitrogens with two attached hydrogens (primary N) is 1. The second-order valence-corrected chi connectivity index (χ2v) is 4.73. The summed E-state index contributed by atoms with van der Waals surface area (Å²) < 4.78 is 0. The standard InChI is InChI=1S/C10H14ClN3O2S/c1-3-14(4-7(12)13-16)10(15)9-8(11)6(2)5-17-9/h5,16H,3-4H2,1-2H3,(H2,12,13). The van der Waals surface area contributed by atoms with Crippen molar-refractivity contribution in [2.45, 2.75) is 13.8 Å². The number of halogens is 1. The Morgan fingerprint density at radius 1 is 1.71 bits per heavy atom. The predicted octanol–water partition coefficient (Wildman–Crippen LogP) is 1.92. The lowest BCUT2D eigenvalue weighted by Gasteiger charge is -2.19. The zero-order valence-corrected chi connectivity index (χ0v) is 11.2. The fourth-order valence-corrected chi connectivity index (χ4v) is 2.51. The molecule has 0 saturated carbocycles. The number of likely N-dealkylation sites (N-methyl/N-ethyl adjacent to an activating group) is 1. The Morgan fingerprint density at radius 3 is 2.76 bits per heavy atom. The maximum Gasteiger partial charge on any atom is 0.265 e. The highest BCUT2D eigenvalue weighted by atomic mass is 35.5. The maximum absolute atomic E-state index is 12.1. The number of rotatable bonds is 4. The minimum atomic E-state index is -0.206. The fraction of sp³-hybridized carbons (Fsp3) is 0.400. The van der Waals surface area contributed by atoms with Crippen LogP contribution in [-0.4, -0.2) is 34.9 Å². The molecule has 17 heavy (non-hydrogen) atoms. The van der Waals surface area contributed by atoms with Crippen LogP contribution < -0.4 is 5.73 Å². The molecule has 0 radical (unpaired) electrons. The molecule has 0 aliphatic heterocycles. The number of hydrogen-bond donors (Lipinski definition) is 2. The molecule has 1 heterocycles. The Bertz CT molecular complexity index is 445. The molecule has 0 fully saturated rings. The van der Waals surface area contributed by atoms with Gasteiger partial charge in [0.25, 0.3) is 5.91 Å². The molecule has 94 valence electrons. The zero-order valence-electron chi connectivity index (χ0n) is 9.61. The van der Waals surface area contributed by atoms with Crippen molar-refractivity contribution in [3.63, 3.8) is 0 Å². The second-order valence-electron chi connectivity index (χ2n) is 3.47. The first-order valence-electron chi connectivity index (χ1n) is 5.00. The summed E-state index contributed by atoms with van der Waals surface area (Å²) in [5.74, 6) is -0.216. The molecule has 0 saturated heterocycles. The van der Waals surface area contributed by atoms with Gasteiger partial charge in [-0.2, -0.15) is 0 Å². The lowest BCUT2D eigenvalue weighted by molar-refractivity contribution is 0.0791. The molecule has 0 aliphatic rings. The summed E-state index contributed by atoms with van der Waals surface area (Å²) in [5.41, 5.74) is 6.26. The van der Waals surface area contributed by atoms with Crippen LogP contribution in [0.4, 0.5) is 0 Å². The molecule has 0 atom stereocenters. The Hall–Kier alpha value is -1.27. The third kappa shape index (κ3) is 3.10. The number of hydrogen-bond acceptors (Lipinski definition) is 4. The Balaban J connectivity index is 2.90. The summed E-state index contributed by atoms with van der Waals surface area (Å²) in [7, 11) is 0. The van der Waals surface area contributed by atoms with Gasteiger partial charge in [-0.3, -0.25) is 4.79 Å². The van der Waals surface area contributed by atoms with Gasteiger partial charge in [0.05, 0.1) is 11.6 Å². The van der Waals surface area contributed by atoms with Gasteiger partial charge in [0.15, 0.2) is 5.84 Å². The van der Waals surface area contributed by atoms with E-state index in [9.17, 15) is 4.79 Å². The molecule has 0 aliphatic carbocycles. The van der Waals surface area contributed by atoms with Crippen LogP contribution in [0.2, 0.25) is 5.02 Å². The van der Waals surface area contributed by atoms with Crippen molar-refractivity contribution in [1.29, 1.82) is 0 Å². The van der Waals surface area contributed by atoms with Crippen molar-refractivity contribution in [3.05, 3.63) is 20.8 Å². The van der Waals surface area contributed by atoms with Gasteiger partial charge in [-0.25, -0.2) is 0 Å². The monoisotopic (exact) mass is 275 g/mol. The van der Waals surface area contributed by atoms with Crippen molar-refractivity contribution in [2.24, 2.45) is 10.9 Å². The highest BCUT2D eigenvalue weighted by Crippen LogP contribution is 2.28. The average molecular weight is 276 g/mol. The Kier molecular flexibility index (Phi) is 4.77. The van der Waals surface area contributed by atoms with E-state index in [1.807, 2.05) is 19.2 Å². The van der Waals surface area contributed by atoms with Crippen LogP contribution in [-0.2, 0) is 0 Å². The van der Waals surface area contributed by atoms with Crippen molar-refractivity contribution in [3.8, 4) is 0 Å². The fourth-order valence-electron chi connectivity index (χ4n) is 1.27. The smallest absolute Gasteiger partial charge is 0.265 e. The molecule has 1 aromatic rings. The first-order chi connectivity index (χ1) is 8.01. The summed E-state index contributed by atoms with van der Waals surface area (Å²) in [6.07, 6.45) is 0. The van der Waals surface area contributed by atoms with E-state index < -0.39 is 0 Å².